The van der Waals surface area contributed by atoms with E-state index in [1.165, 1.54) is 11.3 Å². The third-order valence-electron chi connectivity index (χ3n) is 7.88. The molecule has 0 spiro atoms. The summed E-state index contributed by atoms with van der Waals surface area (Å²) in [5.74, 6) is -6.27. The second-order valence-electron chi connectivity index (χ2n) is 10.4. The van der Waals surface area contributed by atoms with E-state index in [1.807, 2.05) is 37.4 Å². The molecule has 1 amide bonds. The molecule has 1 heterocycles. The second kappa shape index (κ2) is 8.95. The molecule has 11 heteroatoms. The van der Waals surface area contributed by atoms with Gasteiger partial charge in [0.05, 0.1) is 10.6 Å². The van der Waals surface area contributed by atoms with Gasteiger partial charge in [0.1, 0.15) is 22.8 Å². The fourth-order valence-electron chi connectivity index (χ4n) is 6.07. The first-order chi connectivity index (χ1) is 17.9. The second-order valence-corrected chi connectivity index (χ2v) is 11.4. The van der Waals surface area contributed by atoms with Gasteiger partial charge in [-0.15, -0.1) is 11.3 Å². The van der Waals surface area contributed by atoms with Gasteiger partial charge in [0.25, 0.3) is 5.91 Å². The number of carbonyl (C=O) groups excluding carboxylic acids is 3. The highest BCUT2D eigenvalue weighted by Crippen LogP contribution is 2.53. The minimum absolute atomic E-state index is 0.0989. The quantitative estimate of drug-likeness (QED) is 0.356. The fraction of sp³-hybridized carbons (Fsp3) is 0.407. The van der Waals surface area contributed by atoms with Crippen LogP contribution in [0.25, 0.3) is 5.76 Å². The van der Waals surface area contributed by atoms with Gasteiger partial charge in [-0.25, -0.2) is 4.98 Å². The van der Waals surface area contributed by atoms with Crippen molar-refractivity contribution in [1.29, 1.82) is 0 Å². The summed E-state index contributed by atoms with van der Waals surface area (Å²) in [4.78, 5) is 44.4. The maximum atomic E-state index is 13.7. The number of phenolic OH excluding ortho intramolecular Hbond substituents is 1. The highest BCUT2D eigenvalue weighted by molar-refractivity contribution is 7.09. The van der Waals surface area contributed by atoms with Crippen molar-refractivity contribution < 1.29 is 34.8 Å². The number of carbonyl (C=O) groups is 3. The number of aliphatic hydroxyl groups excluding tert-OH is 2. The number of nitrogens with two attached hydrogens (primary N) is 1. The van der Waals surface area contributed by atoms with Crippen LogP contribution >= 0.6 is 11.3 Å². The van der Waals surface area contributed by atoms with Gasteiger partial charge in [0.2, 0.25) is 5.78 Å². The zero-order valence-corrected chi connectivity index (χ0v) is 22.1. The zero-order valence-electron chi connectivity index (χ0n) is 21.2. The highest BCUT2D eigenvalue weighted by atomic mass is 32.1. The predicted molar refractivity (Wildman–Crippen MR) is 140 cm³/mol. The molecule has 2 aromatic rings. The minimum atomic E-state index is -2.57. The van der Waals surface area contributed by atoms with Gasteiger partial charge >= 0.3 is 0 Å². The van der Waals surface area contributed by atoms with Crippen molar-refractivity contribution >= 4 is 40.3 Å². The number of hydrogen-bond acceptors (Lipinski definition) is 10. The highest BCUT2D eigenvalue weighted by Gasteiger charge is 2.60. The van der Waals surface area contributed by atoms with Crippen LogP contribution < -0.4 is 10.6 Å². The molecule has 1 aromatic heterocycles. The summed E-state index contributed by atoms with van der Waals surface area (Å²) < 4.78 is 0. The largest absolute Gasteiger partial charge is 0.508 e. The number of benzene rings is 1. The van der Waals surface area contributed by atoms with Crippen molar-refractivity contribution in [2.24, 2.45) is 17.6 Å². The first kappa shape index (κ1) is 25.9. The molecule has 1 aromatic carbocycles. The number of primary amides is 1. The molecule has 3 aliphatic carbocycles. The van der Waals surface area contributed by atoms with Gasteiger partial charge in [0, 0.05) is 55.2 Å². The normalized spacial score (nSPS) is 24.7. The van der Waals surface area contributed by atoms with Crippen molar-refractivity contribution in [1.82, 2.24) is 4.98 Å². The number of phenols is 1. The number of Topliss-reactive ketones (excluding diaryl/α,β-unsaturated/α-hetero) is 2. The maximum Gasteiger partial charge on any atom is 0.255 e. The van der Waals surface area contributed by atoms with Crippen LogP contribution in [0.15, 0.2) is 28.4 Å². The number of fused-ring (bicyclic) bond motifs is 3. The molecule has 0 unspecified atom stereocenters. The van der Waals surface area contributed by atoms with Crippen molar-refractivity contribution in [3.63, 3.8) is 0 Å². The topological polar surface area (TPSA) is 174 Å². The predicted octanol–water partition coefficient (Wildman–Crippen LogP) is 2.04. The van der Waals surface area contributed by atoms with E-state index in [2.05, 4.69) is 4.98 Å². The Morgan fingerprint density at radius 3 is 2.53 bits per heavy atom. The monoisotopic (exact) mass is 539 g/mol. The number of ketones is 2. The van der Waals surface area contributed by atoms with Crippen molar-refractivity contribution in [2.45, 2.75) is 44.6 Å². The van der Waals surface area contributed by atoms with E-state index in [0.29, 0.717) is 24.0 Å². The lowest BCUT2D eigenvalue weighted by Crippen LogP contribution is -2.58. The number of aromatic hydroxyl groups is 1. The molecule has 1 saturated carbocycles. The molecule has 1 fully saturated rings. The van der Waals surface area contributed by atoms with Gasteiger partial charge in [-0.3, -0.25) is 14.4 Å². The molecule has 10 nitrogen and oxygen atoms in total. The molecule has 5 rings (SSSR count). The molecule has 0 saturated heterocycles. The molecule has 0 radical (unpaired) electrons. The Bertz CT molecular complexity index is 1470. The Morgan fingerprint density at radius 1 is 1.21 bits per heavy atom. The molecular weight excluding hydrogens is 510 g/mol. The number of nitrogens with zero attached hydrogens (tertiary/aromatic N) is 2. The summed E-state index contributed by atoms with van der Waals surface area (Å²) in [7, 11) is 3.69. The molecule has 6 N–H and O–H groups in total. The minimum Gasteiger partial charge on any atom is -0.508 e. The molecule has 38 heavy (non-hydrogen) atoms. The smallest absolute Gasteiger partial charge is 0.255 e. The molecule has 0 bridgehead atoms. The summed E-state index contributed by atoms with van der Waals surface area (Å²) in [5.41, 5.74) is 4.72. The summed E-state index contributed by atoms with van der Waals surface area (Å²) in [5, 5.41) is 47.7. The van der Waals surface area contributed by atoms with Gasteiger partial charge in [-0.1, -0.05) is 0 Å². The first-order valence-electron chi connectivity index (χ1n) is 12.3. The number of amides is 1. The summed E-state index contributed by atoms with van der Waals surface area (Å²) >= 11 is 1.52. The summed E-state index contributed by atoms with van der Waals surface area (Å²) in [6, 6.07) is 1.87. The van der Waals surface area contributed by atoms with Crippen molar-refractivity contribution in [3.05, 3.63) is 55.7 Å². The Hall–Kier alpha value is -3.70. The Labute approximate surface area is 222 Å². The van der Waals surface area contributed by atoms with Gasteiger partial charge in [0.15, 0.2) is 11.4 Å². The molecule has 200 valence electrons. The lowest BCUT2D eigenvalue weighted by atomic mass is 9.59. The third-order valence-corrected chi connectivity index (χ3v) is 8.90. The number of hydrogen-bond donors (Lipinski definition) is 5. The van der Waals surface area contributed by atoms with E-state index < -0.39 is 52.0 Å². The standard InChI is InChI=1S/C27H29N3O7S/c1-11-10-38-18(29-11)5-4-12-8-16(30(2)3)15-7-13-6-14-9-17(31)21(26(28)36)25(35)27(14,37)24(34)19(13)23(33)20(15)22(12)32/h8,10,13-14,32-33,35,37H,4-7,9H2,1-3H3,(H2,28,36)/t13-,14+,27+/m1/s1. The lowest BCUT2D eigenvalue weighted by molar-refractivity contribution is -0.147. The van der Waals surface area contributed by atoms with E-state index in [1.54, 1.807) is 0 Å². The van der Waals surface area contributed by atoms with E-state index in [4.69, 9.17) is 5.73 Å². The number of anilines is 1. The summed E-state index contributed by atoms with van der Waals surface area (Å²) in [6.07, 6.45) is 1.03. The van der Waals surface area contributed by atoms with Crippen LogP contribution in [0.2, 0.25) is 0 Å². The molecule has 0 aliphatic heterocycles. The van der Waals surface area contributed by atoms with Crippen molar-refractivity contribution in [3.8, 4) is 5.75 Å². The number of aryl methyl sites for hydroxylation is 3. The first-order valence-corrected chi connectivity index (χ1v) is 13.2. The fourth-order valence-corrected chi connectivity index (χ4v) is 6.85. The van der Waals surface area contributed by atoms with E-state index >= 15 is 0 Å². The van der Waals surface area contributed by atoms with Gasteiger partial charge in [-0.05, 0) is 49.3 Å². The number of aliphatic hydroxyl groups is 3. The maximum absolute atomic E-state index is 13.7. The van der Waals surface area contributed by atoms with E-state index in [-0.39, 0.29) is 36.1 Å². The number of rotatable bonds is 5. The summed E-state index contributed by atoms with van der Waals surface area (Å²) in [6.45, 7) is 1.91. The van der Waals surface area contributed by atoms with Crippen LogP contribution in [0.4, 0.5) is 5.69 Å². The van der Waals surface area contributed by atoms with Crippen LogP contribution in [0.3, 0.4) is 0 Å². The Morgan fingerprint density at radius 2 is 1.92 bits per heavy atom. The lowest BCUT2D eigenvalue weighted by Gasteiger charge is -2.46. The van der Waals surface area contributed by atoms with Crippen LogP contribution in [0.1, 0.15) is 40.2 Å². The van der Waals surface area contributed by atoms with Gasteiger partial charge in [-0.2, -0.15) is 0 Å². The SMILES string of the molecule is Cc1csc(CCc2cc(N(C)C)c3c(c2O)C(O)=C2C(=O)[C@]4(O)C(O)=C(C(N)=O)C(=O)C[C@@H]4C[C@@H]2C3)n1. The Balaban J connectivity index is 1.64. The number of aromatic nitrogens is 1. The van der Waals surface area contributed by atoms with Crippen LogP contribution in [-0.4, -0.2) is 62.6 Å². The average molecular weight is 540 g/mol. The number of thiazole rings is 1. The van der Waals surface area contributed by atoms with Crippen LogP contribution in [-0.2, 0) is 33.6 Å². The zero-order chi connectivity index (χ0) is 27.7. The van der Waals surface area contributed by atoms with E-state index in [0.717, 1.165) is 16.4 Å². The molecule has 3 atom stereocenters. The third kappa shape index (κ3) is 3.71. The van der Waals surface area contributed by atoms with Gasteiger partial charge < -0.3 is 31.1 Å². The molecular formula is C27H29N3O7S. The van der Waals surface area contributed by atoms with E-state index in [9.17, 15) is 34.8 Å². The average Bonchev–Trinajstić information content (AvgIpc) is 3.25. The molecule has 3 aliphatic rings. The Kier molecular flexibility index (Phi) is 6.11. The van der Waals surface area contributed by atoms with Crippen molar-refractivity contribution in [2.75, 3.05) is 19.0 Å². The van der Waals surface area contributed by atoms with Crippen LogP contribution in [0.5, 0.6) is 5.75 Å². The van der Waals surface area contributed by atoms with Crippen LogP contribution in [0, 0.1) is 18.8 Å².